The second kappa shape index (κ2) is 39.7. The van der Waals surface area contributed by atoms with E-state index in [1.54, 1.807) is 0 Å². The molecular formula is C100H107I3N4. The Labute approximate surface area is 685 Å². The molecule has 0 saturated carbocycles. The van der Waals surface area contributed by atoms with Crippen molar-refractivity contribution in [1.29, 1.82) is 0 Å². The molecule has 12 aromatic carbocycles. The van der Waals surface area contributed by atoms with Gasteiger partial charge in [0.1, 0.15) is 11.4 Å². The Bertz CT molecular complexity index is 4550. The predicted molar refractivity (Wildman–Crippen MR) is 473 cm³/mol. The Morgan fingerprint density at radius 2 is 0.598 bits per heavy atom. The molecule has 4 nitrogen and oxygen atoms in total. The third kappa shape index (κ3) is 20.4. The van der Waals surface area contributed by atoms with Gasteiger partial charge in [0.05, 0.1) is 25.1 Å². The molecule has 0 aromatic heterocycles. The van der Waals surface area contributed by atoms with Crippen molar-refractivity contribution in [2.75, 3.05) is 32.2 Å². The minimum Gasteiger partial charge on any atom is -1.00 e. The SMILES string of the molecule is Cc1cc([C@H](C)c2ccccc2)c(N2C=[N+](c3c([C@H](C)c4ccccc4)cc(C)cc3[C@H](C)c3ccccc3)CCC2)c([C@H](C)c2ccccc2)c1.Cc1cc([C@H](C)c2ccccc2)c(N=CNc2c([C@H](C)c3ccccc3)cc(C)cc2[C@H](C)c2ccccc2)c([C@H](C)c2ccccc2)c1.ICCCI.[I-]. The van der Waals surface area contributed by atoms with Crippen LogP contribution in [0.1, 0.15) is 227 Å². The molecule has 12 aromatic rings. The summed E-state index contributed by atoms with van der Waals surface area (Å²) in [6.07, 6.45) is 6.83. The van der Waals surface area contributed by atoms with Crippen LogP contribution in [0.15, 0.2) is 296 Å². The molecule has 1 N–H and O–H groups in total. The van der Waals surface area contributed by atoms with Gasteiger partial charge in [0.2, 0.25) is 6.34 Å². The number of aryl methyl sites for hydroxylation is 4. The van der Waals surface area contributed by atoms with Crippen molar-refractivity contribution < 1.29 is 28.6 Å². The first-order chi connectivity index (χ1) is 51.5. The number of nitrogens with zero attached hydrogens (tertiary/aromatic N) is 3. The Morgan fingerprint density at radius 1 is 0.355 bits per heavy atom. The molecule has 0 spiro atoms. The zero-order valence-corrected chi connectivity index (χ0v) is 71.2. The first-order valence-corrected chi connectivity index (χ1v) is 41.3. The highest BCUT2D eigenvalue weighted by Gasteiger charge is 2.34. The van der Waals surface area contributed by atoms with E-state index in [9.17, 15) is 0 Å². The third-order valence-electron chi connectivity index (χ3n) is 21.7. The van der Waals surface area contributed by atoms with Crippen LogP contribution in [0.5, 0.6) is 0 Å². The van der Waals surface area contributed by atoms with E-state index in [4.69, 9.17) is 4.99 Å². The summed E-state index contributed by atoms with van der Waals surface area (Å²) < 4.78 is 5.21. The van der Waals surface area contributed by atoms with Gasteiger partial charge in [-0.1, -0.05) is 414 Å². The standard InChI is InChI=1S/C50H53N2.C47H48N2.C3H6I2.HI/c1-35-30-45(37(3)41-20-11-7-12-21-41)49(46(31-35)38(4)42-22-13-8-14-23-42)51-28-19-29-52(34-51)50-47(39(5)43-24-15-9-16-25-43)32-36(2)33-48(50)40(6)44-26-17-10-18-27-44;1-32-27-42(34(3)38-19-11-7-12-20-38)46(43(28-32)35(4)39-21-13-8-14-22-39)48-31-49-47-44(36(5)40-23-15-9-16-24-40)29-33(2)30-45(47)37(6)41-25-17-10-18-26-41;4-2-1-3-5;/h7-18,20-27,30-34,37-40H,19,28-29H2,1-6H3;7-31,34-37H,1-6H3,(H,48,49);1-3H2;1H/q+1;;;/p-1/t37-,38-,39-,40-;34-,35-,36-,37-;;/m11../s1. The maximum atomic E-state index is 5.37. The molecule has 1 aliphatic rings. The number of rotatable bonds is 23. The second-order valence-corrected chi connectivity index (χ2v) is 31.4. The molecular weight excluding hydrogens is 1640 g/mol. The van der Waals surface area contributed by atoms with E-state index in [1.165, 1.54) is 138 Å². The van der Waals surface area contributed by atoms with Crippen LogP contribution in [-0.2, 0) is 0 Å². The van der Waals surface area contributed by atoms with E-state index >= 15 is 0 Å². The van der Waals surface area contributed by atoms with Crippen molar-refractivity contribution in [3.63, 3.8) is 0 Å². The summed E-state index contributed by atoms with van der Waals surface area (Å²) in [7, 11) is 0. The number of halogens is 3. The normalized spacial score (nSPS) is 14.3. The lowest BCUT2D eigenvalue weighted by Gasteiger charge is -2.31. The highest BCUT2D eigenvalue weighted by Crippen LogP contribution is 2.46. The smallest absolute Gasteiger partial charge is 0.244 e. The minimum absolute atomic E-state index is 0. The molecule has 0 amide bonds. The fraction of sp³-hybridized carbons (Fsp3) is 0.260. The summed E-state index contributed by atoms with van der Waals surface area (Å²) >= 11 is 4.77. The van der Waals surface area contributed by atoms with Gasteiger partial charge in [-0.25, -0.2) is 14.5 Å². The van der Waals surface area contributed by atoms with E-state index < -0.39 is 0 Å². The first-order valence-electron chi connectivity index (χ1n) is 38.3. The summed E-state index contributed by atoms with van der Waals surface area (Å²) in [6.45, 7) is 29.6. The first kappa shape index (κ1) is 81.3. The van der Waals surface area contributed by atoms with Crippen LogP contribution in [0.2, 0.25) is 0 Å². The van der Waals surface area contributed by atoms with Crippen molar-refractivity contribution >= 4 is 80.6 Å². The molecule has 0 unspecified atom stereocenters. The summed E-state index contributed by atoms with van der Waals surface area (Å²) in [6, 6.07) is 106. The number of anilines is 2. The van der Waals surface area contributed by atoms with Gasteiger partial charge >= 0.3 is 0 Å². The van der Waals surface area contributed by atoms with E-state index in [0.717, 1.165) is 30.9 Å². The van der Waals surface area contributed by atoms with Gasteiger partial charge in [-0.05, 0) is 101 Å². The van der Waals surface area contributed by atoms with Gasteiger partial charge in [-0.2, -0.15) is 0 Å². The topological polar surface area (TPSA) is 30.6 Å². The van der Waals surface area contributed by atoms with Crippen LogP contribution in [0.25, 0.3) is 0 Å². The fourth-order valence-corrected chi connectivity index (χ4v) is 17.8. The lowest BCUT2D eigenvalue weighted by molar-refractivity contribution is -0.441. The van der Waals surface area contributed by atoms with Crippen LogP contribution in [0, 0.1) is 27.7 Å². The van der Waals surface area contributed by atoms with Crippen LogP contribution < -0.4 is 34.2 Å². The lowest BCUT2D eigenvalue weighted by atomic mass is 9.83. The van der Waals surface area contributed by atoms with Crippen LogP contribution in [0.3, 0.4) is 0 Å². The molecule has 0 bridgehead atoms. The summed E-state index contributed by atoms with van der Waals surface area (Å²) in [5.74, 6) is 1.70. The zero-order valence-electron chi connectivity index (χ0n) is 64.7. The highest BCUT2D eigenvalue weighted by molar-refractivity contribution is 14.1. The van der Waals surface area contributed by atoms with E-state index in [-0.39, 0.29) is 71.3 Å². The Kier molecular flexibility index (Phi) is 30.2. The van der Waals surface area contributed by atoms with Gasteiger partial charge in [-0.3, -0.25) is 0 Å². The maximum absolute atomic E-state index is 5.37. The molecule has 1 heterocycles. The van der Waals surface area contributed by atoms with Crippen LogP contribution >= 0.6 is 45.2 Å². The highest BCUT2D eigenvalue weighted by atomic mass is 127. The minimum atomic E-state index is 0. The van der Waals surface area contributed by atoms with Crippen molar-refractivity contribution in [2.24, 2.45) is 4.99 Å². The van der Waals surface area contributed by atoms with Gasteiger partial charge in [-0.15, -0.1) is 0 Å². The third-order valence-corrected chi connectivity index (χ3v) is 23.3. The van der Waals surface area contributed by atoms with Crippen molar-refractivity contribution in [2.45, 2.75) is 143 Å². The predicted octanol–water partition coefficient (Wildman–Crippen LogP) is 24.4. The number of aliphatic imine (C=N–C) groups is 1. The molecule has 107 heavy (non-hydrogen) atoms. The zero-order chi connectivity index (χ0) is 74.6. The summed E-state index contributed by atoms with van der Waals surface area (Å²) in [5, 5.41) is 3.79. The molecule has 13 rings (SSSR count). The number of hydrogen-bond acceptors (Lipinski definition) is 2. The maximum Gasteiger partial charge on any atom is 0.244 e. The second-order valence-electron chi connectivity index (χ2n) is 29.2. The number of alkyl halides is 2. The quantitative estimate of drug-likeness (QED) is 0.0227. The molecule has 548 valence electrons. The van der Waals surface area contributed by atoms with Gasteiger partial charge < -0.3 is 29.3 Å². The molecule has 0 aliphatic carbocycles. The van der Waals surface area contributed by atoms with Gasteiger partial charge in [0, 0.05) is 90.6 Å². The monoisotopic (exact) mass is 1740 g/mol. The van der Waals surface area contributed by atoms with Crippen LogP contribution in [-0.4, -0.2) is 39.2 Å². The lowest BCUT2D eigenvalue weighted by Crippen LogP contribution is -3.00. The van der Waals surface area contributed by atoms with Gasteiger partial charge in [0.25, 0.3) is 0 Å². The Morgan fingerprint density at radius 3 is 0.879 bits per heavy atom. The summed E-state index contributed by atoms with van der Waals surface area (Å²) in [5.41, 5.74) is 31.1. The average molecular weight is 1750 g/mol. The van der Waals surface area contributed by atoms with E-state index in [0.29, 0.717) is 0 Å². The average Bonchev–Trinajstić information content (AvgIpc) is 0.757. The molecule has 8 atom stereocenters. The number of hydrogen-bond donors (Lipinski definition) is 1. The van der Waals surface area contributed by atoms with Crippen LogP contribution in [0.4, 0.5) is 22.7 Å². The largest absolute Gasteiger partial charge is 1.00 e. The molecule has 0 radical (unpaired) electrons. The summed E-state index contributed by atoms with van der Waals surface area (Å²) in [4.78, 5) is 7.97. The fourth-order valence-electron chi connectivity index (χ4n) is 15.6. The van der Waals surface area contributed by atoms with Crippen molar-refractivity contribution in [3.05, 3.63) is 402 Å². The molecule has 1 aliphatic heterocycles. The van der Waals surface area contributed by atoms with E-state index in [2.05, 4.69) is 441 Å². The molecule has 0 saturated heterocycles. The Hall–Kier alpha value is -8.23. The number of nitrogens with one attached hydrogen (secondary N) is 1. The molecule has 7 heteroatoms. The number of benzene rings is 12. The van der Waals surface area contributed by atoms with E-state index in [1.807, 2.05) is 6.34 Å². The Balaban J connectivity index is 0.000000214. The molecule has 0 fully saturated rings. The van der Waals surface area contributed by atoms with Crippen molar-refractivity contribution in [1.82, 2.24) is 0 Å². The van der Waals surface area contributed by atoms with Gasteiger partial charge in [0.15, 0.2) is 0 Å². The van der Waals surface area contributed by atoms with Crippen molar-refractivity contribution in [3.8, 4) is 0 Å².